The van der Waals surface area contributed by atoms with Gasteiger partial charge in [0.2, 0.25) is 0 Å². The number of nitrogens with zero attached hydrogens (tertiary/aromatic N) is 1. The molecule has 1 aliphatic heterocycles. The van der Waals surface area contributed by atoms with E-state index in [2.05, 4.69) is 41.7 Å². The van der Waals surface area contributed by atoms with Crippen LogP contribution < -0.4 is 5.32 Å². The Morgan fingerprint density at radius 3 is 2.95 bits per heavy atom. The molecule has 0 aromatic heterocycles. The highest BCUT2D eigenvalue weighted by molar-refractivity contribution is 6.22. The summed E-state index contributed by atoms with van der Waals surface area (Å²) in [6.07, 6.45) is 6.73. The number of fused-ring (bicyclic) bond motifs is 5. The molecule has 3 aliphatic rings. The molecule has 0 amide bonds. The van der Waals surface area contributed by atoms with Gasteiger partial charge in [-0.1, -0.05) is 36.4 Å². The van der Waals surface area contributed by atoms with Gasteiger partial charge in [0.05, 0.1) is 18.3 Å². The Morgan fingerprint density at radius 2 is 2.05 bits per heavy atom. The molecular formula is C16H15ClN2. The van der Waals surface area contributed by atoms with Crippen LogP contribution >= 0.6 is 11.6 Å². The number of benzene rings is 1. The lowest BCUT2D eigenvalue weighted by molar-refractivity contribution is 0.607. The standard InChI is InChI=1S/C16H15ClN2/c17-14-9-18-15-12-7-3-1-5-10(12)11-6-2-4-8-13(11)16(15)19-14/h1,3-5,7-8,14,16,19H,2,6,9H2. The molecule has 19 heavy (non-hydrogen) atoms. The van der Waals surface area contributed by atoms with Crippen molar-refractivity contribution in [2.24, 2.45) is 4.99 Å². The zero-order valence-corrected chi connectivity index (χ0v) is 11.3. The van der Waals surface area contributed by atoms with Gasteiger partial charge in [-0.2, -0.15) is 0 Å². The monoisotopic (exact) mass is 270 g/mol. The molecule has 1 heterocycles. The normalized spacial score (nSPS) is 28.4. The summed E-state index contributed by atoms with van der Waals surface area (Å²) in [6.45, 7) is 0.647. The second kappa shape index (κ2) is 4.32. The largest absolute Gasteiger partial charge is 0.288 e. The third kappa shape index (κ3) is 1.71. The van der Waals surface area contributed by atoms with Gasteiger partial charge in [0.1, 0.15) is 5.50 Å². The van der Waals surface area contributed by atoms with E-state index in [0.717, 1.165) is 18.6 Å². The van der Waals surface area contributed by atoms with Crippen molar-refractivity contribution in [3.05, 3.63) is 53.1 Å². The highest BCUT2D eigenvalue weighted by Gasteiger charge is 2.34. The number of halogens is 1. The van der Waals surface area contributed by atoms with E-state index in [9.17, 15) is 0 Å². The lowest BCUT2D eigenvalue weighted by atomic mass is 9.77. The molecule has 4 rings (SSSR count). The van der Waals surface area contributed by atoms with Crippen LogP contribution in [0.4, 0.5) is 0 Å². The third-order valence-corrected chi connectivity index (χ3v) is 4.35. The molecule has 1 aromatic rings. The van der Waals surface area contributed by atoms with Crippen LogP contribution in [0.1, 0.15) is 24.0 Å². The van der Waals surface area contributed by atoms with Gasteiger partial charge >= 0.3 is 0 Å². The first-order valence-electron chi connectivity index (χ1n) is 6.78. The average Bonchev–Trinajstić information content (AvgIpc) is 2.47. The summed E-state index contributed by atoms with van der Waals surface area (Å²) >= 11 is 6.23. The van der Waals surface area contributed by atoms with Crippen molar-refractivity contribution in [2.75, 3.05) is 6.54 Å². The number of nitrogens with one attached hydrogen (secondary N) is 1. The maximum atomic E-state index is 6.23. The van der Waals surface area contributed by atoms with Crippen molar-refractivity contribution in [1.29, 1.82) is 0 Å². The second-order valence-electron chi connectivity index (χ2n) is 5.21. The first-order valence-corrected chi connectivity index (χ1v) is 7.22. The fourth-order valence-corrected chi connectivity index (χ4v) is 3.47. The SMILES string of the molecule is ClC1CN=C2c3ccccc3C3=C(C=CCC3)C2N1. The van der Waals surface area contributed by atoms with E-state index in [1.54, 1.807) is 0 Å². The van der Waals surface area contributed by atoms with Gasteiger partial charge in [0.25, 0.3) is 0 Å². The number of hydrogen-bond donors (Lipinski definition) is 1. The number of aliphatic imine (C=N–C) groups is 1. The van der Waals surface area contributed by atoms with Crippen LogP contribution in [0.2, 0.25) is 0 Å². The molecule has 2 atom stereocenters. The van der Waals surface area contributed by atoms with Crippen molar-refractivity contribution >= 4 is 22.9 Å². The summed E-state index contributed by atoms with van der Waals surface area (Å²) in [5, 5.41) is 3.48. The summed E-state index contributed by atoms with van der Waals surface area (Å²) in [6, 6.07) is 8.77. The Balaban J connectivity index is 1.97. The number of alkyl halides is 1. The highest BCUT2D eigenvalue weighted by Crippen LogP contribution is 2.38. The lowest BCUT2D eigenvalue weighted by Crippen LogP contribution is -2.49. The van der Waals surface area contributed by atoms with Gasteiger partial charge in [-0.05, 0) is 29.6 Å². The summed E-state index contributed by atoms with van der Waals surface area (Å²) in [5.74, 6) is 0. The minimum absolute atomic E-state index is 0.0666. The summed E-state index contributed by atoms with van der Waals surface area (Å²) in [7, 11) is 0. The quantitative estimate of drug-likeness (QED) is 0.568. The Bertz CT molecular complexity index is 627. The third-order valence-electron chi connectivity index (χ3n) is 4.09. The molecule has 96 valence electrons. The average molecular weight is 271 g/mol. The van der Waals surface area contributed by atoms with E-state index in [-0.39, 0.29) is 11.5 Å². The summed E-state index contributed by atoms with van der Waals surface area (Å²) in [4.78, 5) is 4.72. The first kappa shape index (κ1) is 11.4. The zero-order chi connectivity index (χ0) is 12.8. The van der Waals surface area contributed by atoms with Gasteiger partial charge in [0.15, 0.2) is 0 Å². The molecule has 1 aromatic carbocycles. The van der Waals surface area contributed by atoms with Crippen molar-refractivity contribution in [3.63, 3.8) is 0 Å². The Hall–Kier alpha value is -1.38. The molecule has 0 fully saturated rings. The fourth-order valence-electron chi connectivity index (χ4n) is 3.27. The van der Waals surface area contributed by atoms with Crippen LogP contribution in [-0.2, 0) is 0 Å². The zero-order valence-electron chi connectivity index (χ0n) is 10.6. The summed E-state index contributed by atoms with van der Waals surface area (Å²) in [5.41, 5.74) is 6.53. The minimum atomic E-state index is -0.0666. The maximum Gasteiger partial charge on any atom is 0.103 e. The lowest BCUT2D eigenvalue weighted by Gasteiger charge is -2.36. The molecule has 2 nitrogen and oxygen atoms in total. The number of hydrogen-bond acceptors (Lipinski definition) is 2. The topological polar surface area (TPSA) is 24.4 Å². The van der Waals surface area contributed by atoms with Crippen LogP contribution in [0.25, 0.3) is 5.57 Å². The molecule has 2 aliphatic carbocycles. The predicted octanol–water partition coefficient (Wildman–Crippen LogP) is 3.13. The minimum Gasteiger partial charge on any atom is -0.288 e. The van der Waals surface area contributed by atoms with E-state index >= 15 is 0 Å². The predicted molar refractivity (Wildman–Crippen MR) is 79.7 cm³/mol. The molecule has 0 spiro atoms. The van der Waals surface area contributed by atoms with Gasteiger partial charge < -0.3 is 0 Å². The van der Waals surface area contributed by atoms with Crippen LogP contribution in [0, 0.1) is 0 Å². The van der Waals surface area contributed by atoms with Crippen LogP contribution in [0.5, 0.6) is 0 Å². The van der Waals surface area contributed by atoms with Crippen LogP contribution in [-0.4, -0.2) is 23.8 Å². The second-order valence-corrected chi connectivity index (χ2v) is 5.74. The highest BCUT2D eigenvalue weighted by atomic mass is 35.5. The van der Waals surface area contributed by atoms with Crippen molar-refractivity contribution < 1.29 is 0 Å². The first-order chi connectivity index (χ1) is 9.34. The van der Waals surface area contributed by atoms with Crippen LogP contribution in [0.15, 0.2) is 47.0 Å². The van der Waals surface area contributed by atoms with Crippen molar-refractivity contribution in [3.8, 4) is 0 Å². The Kier molecular flexibility index (Phi) is 2.61. The van der Waals surface area contributed by atoms with Crippen molar-refractivity contribution in [1.82, 2.24) is 5.32 Å². The van der Waals surface area contributed by atoms with E-state index in [1.165, 1.54) is 22.3 Å². The van der Waals surface area contributed by atoms with Gasteiger partial charge in [-0.3, -0.25) is 10.3 Å². The van der Waals surface area contributed by atoms with Gasteiger partial charge in [-0.15, -0.1) is 11.6 Å². The van der Waals surface area contributed by atoms with E-state index in [1.807, 2.05) is 0 Å². The number of allylic oxidation sites excluding steroid dienone is 2. The van der Waals surface area contributed by atoms with Gasteiger partial charge in [0, 0.05) is 5.56 Å². The molecular weight excluding hydrogens is 256 g/mol. The number of rotatable bonds is 0. The van der Waals surface area contributed by atoms with E-state index in [0.29, 0.717) is 6.54 Å². The Morgan fingerprint density at radius 1 is 1.21 bits per heavy atom. The fraction of sp³-hybridized carbons (Fsp3) is 0.312. The molecule has 3 heteroatoms. The van der Waals surface area contributed by atoms with Crippen molar-refractivity contribution in [2.45, 2.75) is 24.4 Å². The van der Waals surface area contributed by atoms with E-state index < -0.39 is 0 Å². The molecule has 2 unspecified atom stereocenters. The van der Waals surface area contributed by atoms with Crippen LogP contribution in [0.3, 0.4) is 0 Å². The summed E-state index contributed by atoms with van der Waals surface area (Å²) < 4.78 is 0. The molecule has 0 saturated carbocycles. The van der Waals surface area contributed by atoms with Gasteiger partial charge in [-0.25, -0.2) is 0 Å². The smallest absolute Gasteiger partial charge is 0.103 e. The Labute approximate surface area is 117 Å². The molecule has 0 bridgehead atoms. The maximum absolute atomic E-state index is 6.23. The molecule has 0 radical (unpaired) electrons. The molecule has 0 saturated heterocycles. The van der Waals surface area contributed by atoms with E-state index in [4.69, 9.17) is 16.6 Å². The molecule has 1 N–H and O–H groups in total.